The summed E-state index contributed by atoms with van der Waals surface area (Å²) in [4.78, 5) is 18.8. The number of nitrogens with one attached hydrogen (secondary N) is 1. The van der Waals surface area contributed by atoms with Crippen LogP contribution in [0.15, 0.2) is 36.5 Å². The Kier molecular flexibility index (Phi) is 5.38. The predicted molar refractivity (Wildman–Crippen MR) is 96.6 cm³/mol. The molecule has 1 aromatic carbocycles. The molecule has 0 saturated heterocycles. The fourth-order valence-corrected chi connectivity index (χ4v) is 2.78. The summed E-state index contributed by atoms with van der Waals surface area (Å²) in [6.45, 7) is 5.88. The molecule has 1 aliphatic rings. The van der Waals surface area contributed by atoms with Crippen molar-refractivity contribution >= 4 is 17.3 Å². The third kappa shape index (κ3) is 4.02. The third-order valence-electron chi connectivity index (χ3n) is 3.91. The molecular formula is C19H23N3O3. The van der Waals surface area contributed by atoms with Crippen molar-refractivity contribution in [2.75, 3.05) is 25.2 Å². The highest BCUT2D eigenvalue weighted by Crippen LogP contribution is 2.35. The number of nitrogens with zero attached hydrogens (tertiary/aromatic N) is 2. The molecule has 0 aliphatic carbocycles. The Hall–Kier alpha value is -2.76. The van der Waals surface area contributed by atoms with Crippen LogP contribution in [0.1, 0.15) is 37.2 Å². The minimum absolute atomic E-state index is 0.0296. The van der Waals surface area contributed by atoms with Gasteiger partial charge in [-0.25, -0.2) is 0 Å². The zero-order chi connectivity index (χ0) is 17.6. The van der Waals surface area contributed by atoms with E-state index in [0.717, 1.165) is 43.1 Å². The molecule has 0 atom stereocenters. The maximum absolute atomic E-state index is 12.7. The van der Waals surface area contributed by atoms with Gasteiger partial charge in [-0.3, -0.25) is 9.78 Å². The molecule has 6 nitrogen and oxygen atoms in total. The smallest absolute Gasteiger partial charge is 0.272 e. The first-order valence-corrected chi connectivity index (χ1v) is 8.63. The van der Waals surface area contributed by atoms with Gasteiger partial charge in [0.2, 0.25) is 6.79 Å². The van der Waals surface area contributed by atoms with Gasteiger partial charge in [0.25, 0.3) is 5.91 Å². The Bertz CT molecular complexity index is 742. The first kappa shape index (κ1) is 17.1. The standard InChI is InChI=1S/C19H23N3O3/c1-3-9-22(10-4-2)19(23)16-11-15(7-8-20-16)21-14-5-6-17-18(12-14)25-13-24-17/h5-8,11-12H,3-4,9-10,13H2,1-2H3,(H,20,21). The molecule has 0 bridgehead atoms. The van der Waals surface area contributed by atoms with Crippen LogP contribution in [-0.4, -0.2) is 35.7 Å². The summed E-state index contributed by atoms with van der Waals surface area (Å²) < 4.78 is 10.7. The molecule has 0 fully saturated rings. The summed E-state index contributed by atoms with van der Waals surface area (Å²) in [6.07, 6.45) is 3.51. The lowest BCUT2D eigenvalue weighted by atomic mass is 10.2. The van der Waals surface area contributed by atoms with Crippen molar-refractivity contribution in [1.29, 1.82) is 0 Å². The summed E-state index contributed by atoms with van der Waals surface area (Å²) >= 11 is 0. The number of aromatic nitrogens is 1. The Morgan fingerprint density at radius 1 is 1.08 bits per heavy atom. The monoisotopic (exact) mass is 341 g/mol. The Labute approximate surface area is 147 Å². The average molecular weight is 341 g/mol. The number of pyridine rings is 1. The second kappa shape index (κ2) is 7.88. The number of rotatable bonds is 7. The number of carbonyl (C=O) groups is 1. The molecule has 0 radical (unpaired) electrons. The van der Waals surface area contributed by atoms with Crippen LogP contribution in [0.25, 0.3) is 0 Å². The quantitative estimate of drug-likeness (QED) is 0.829. The van der Waals surface area contributed by atoms with Gasteiger partial charge in [0, 0.05) is 36.7 Å². The van der Waals surface area contributed by atoms with Crippen LogP contribution >= 0.6 is 0 Å². The van der Waals surface area contributed by atoms with Crippen LogP contribution in [0.4, 0.5) is 11.4 Å². The van der Waals surface area contributed by atoms with Gasteiger partial charge in [0.15, 0.2) is 11.5 Å². The minimum Gasteiger partial charge on any atom is -0.454 e. The Balaban J connectivity index is 1.75. The van der Waals surface area contributed by atoms with Gasteiger partial charge in [0.1, 0.15) is 5.69 Å². The van der Waals surface area contributed by atoms with Gasteiger partial charge in [-0.15, -0.1) is 0 Å². The van der Waals surface area contributed by atoms with Gasteiger partial charge in [0.05, 0.1) is 0 Å². The number of hydrogen-bond acceptors (Lipinski definition) is 5. The van der Waals surface area contributed by atoms with Crippen LogP contribution in [-0.2, 0) is 0 Å². The number of anilines is 2. The van der Waals surface area contributed by atoms with Gasteiger partial charge in [-0.05, 0) is 37.1 Å². The highest BCUT2D eigenvalue weighted by Gasteiger charge is 2.17. The van der Waals surface area contributed by atoms with E-state index in [1.807, 2.05) is 29.2 Å². The largest absolute Gasteiger partial charge is 0.454 e. The number of carbonyl (C=O) groups excluding carboxylic acids is 1. The van der Waals surface area contributed by atoms with E-state index in [4.69, 9.17) is 9.47 Å². The number of hydrogen-bond donors (Lipinski definition) is 1. The lowest BCUT2D eigenvalue weighted by Crippen LogP contribution is -2.33. The van der Waals surface area contributed by atoms with Gasteiger partial charge < -0.3 is 19.7 Å². The highest BCUT2D eigenvalue weighted by atomic mass is 16.7. The molecule has 0 spiro atoms. The van der Waals surface area contributed by atoms with E-state index in [9.17, 15) is 4.79 Å². The molecule has 6 heteroatoms. The molecule has 0 unspecified atom stereocenters. The number of ether oxygens (including phenoxy) is 2. The lowest BCUT2D eigenvalue weighted by molar-refractivity contribution is 0.0749. The second-order valence-electron chi connectivity index (χ2n) is 5.91. The Morgan fingerprint density at radius 2 is 1.80 bits per heavy atom. The van der Waals surface area contributed by atoms with E-state index >= 15 is 0 Å². The minimum atomic E-state index is -0.0296. The maximum Gasteiger partial charge on any atom is 0.272 e. The normalized spacial score (nSPS) is 12.1. The van der Waals surface area contributed by atoms with Crippen molar-refractivity contribution in [2.24, 2.45) is 0 Å². The molecule has 0 saturated carbocycles. The van der Waals surface area contributed by atoms with Gasteiger partial charge in [-0.1, -0.05) is 13.8 Å². The van der Waals surface area contributed by atoms with Crippen molar-refractivity contribution in [3.63, 3.8) is 0 Å². The fraction of sp³-hybridized carbons (Fsp3) is 0.368. The van der Waals surface area contributed by atoms with Crippen molar-refractivity contribution in [2.45, 2.75) is 26.7 Å². The van der Waals surface area contributed by atoms with Crippen LogP contribution in [0, 0.1) is 0 Å². The van der Waals surface area contributed by atoms with E-state index in [-0.39, 0.29) is 12.7 Å². The van der Waals surface area contributed by atoms with E-state index < -0.39 is 0 Å². The molecule has 1 N–H and O–H groups in total. The molecule has 3 rings (SSSR count). The van der Waals surface area contributed by atoms with Crippen LogP contribution in [0.3, 0.4) is 0 Å². The number of amides is 1. The summed E-state index contributed by atoms with van der Waals surface area (Å²) in [7, 11) is 0. The highest BCUT2D eigenvalue weighted by molar-refractivity contribution is 5.93. The van der Waals surface area contributed by atoms with Crippen LogP contribution in [0.2, 0.25) is 0 Å². The summed E-state index contributed by atoms with van der Waals surface area (Å²) in [6, 6.07) is 9.28. The molecule has 2 heterocycles. The van der Waals surface area contributed by atoms with Crippen molar-refractivity contribution in [1.82, 2.24) is 9.88 Å². The lowest BCUT2D eigenvalue weighted by Gasteiger charge is -2.21. The second-order valence-corrected chi connectivity index (χ2v) is 5.91. The summed E-state index contributed by atoms with van der Waals surface area (Å²) in [5.74, 6) is 1.43. The van der Waals surface area contributed by atoms with Crippen molar-refractivity contribution in [3.8, 4) is 11.5 Å². The summed E-state index contributed by atoms with van der Waals surface area (Å²) in [5, 5.41) is 3.29. The van der Waals surface area contributed by atoms with E-state index in [0.29, 0.717) is 11.4 Å². The Morgan fingerprint density at radius 3 is 2.56 bits per heavy atom. The molecule has 2 aromatic rings. The molecule has 132 valence electrons. The SMILES string of the molecule is CCCN(CCC)C(=O)c1cc(Nc2ccc3c(c2)OCO3)ccn1. The van der Waals surface area contributed by atoms with Gasteiger partial charge >= 0.3 is 0 Å². The predicted octanol–water partition coefficient (Wildman–Crippen LogP) is 3.82. The summed E-state index contributed by atoms with van der Waals surface area (Å²) in [5.41, 5.74) is 2.13. The average Bonchev–Trinajstić information content (AvgIpc) is 3.09. The third-order valence-corrected chi connectivity index (χ3v) is 3.91. The molecular weight excluding hydrogens is 318 g/mol. The molecule has 25 heavy (non-hydrogen) atoms. The first-order valence-electron chi connectivity index (χ1n) is 8.63. The maximum atomic E-state index is 12.7. The van der Waals surface area contributed by atoms with Gasteiger partial charge in [-0.2, -0.15) is 0 Å². The molecule has 1 amide bonds. The molecule has 1 aliphatic heterocycles. The zero-order valence-corrected chi connectivity index (χ0v) is 14.6. The van der Waals surface area contributed by atoms with E-state index in [2.05, 4.69) is 24.1 Å². The number of fused-ring (bicyclic) bond motifs is 1. The first-order chi connectivity index (χ1) is 12.2. The van der Waals surface area contributed by atoms with Crippen molar-refractivity contribution in [3.05, 3.63) is 42.2 Å². The zero-order valence-electron chi connectivity index (χ0n) is 14.6. The van der Waals surface area contributed by atoms with Crippen LogP contribution in [0.5, 0.6) is 11.5 Å². The van der Waals surface area contributed by atoms with E-state index in [1.54, 1.807) is 12.3 Å². The van der Waals surface area contributed by atoms with Crippen LogP contribution < -0.4 is 14.8 Å². The topological polar surface area (TPSA) is 63.7 Å². The number of benzene rings is 1. The van der Waals surface area contributed by atoms with E-state index in [1.165, 1.54) is 0 Å². The molecule has 1 aromatic heterocycles. The fourth-order valence-electron chi connectivity index (χ4n) is 2.78. The van der Waals surface area contributed by atoms with Crippen molar-refractivity contribution < 1.29 is 14.3 Å².